The molecule has 0 heterocycles. The van der Waals surface area contributed by atoms with Crippen LogP contribution in [0, 0.1) is 0 Å². The molecule has 70 valence electrons. The Kier molecular flexibility index (Phi) is 5.02. The smallest absolute Gasteiger partial charge is 0.356 e. The second-order valence-electron chi connectivity index (χ2n) is 2.71. The summed E-state index contributed by atoms with van der Waals surface area (Å²) in [4.78, 5) is 10.5. The molecular formula is C7H14O4P+. The number of aliphatic hydroxyl groups excluding tert-OH is 1. The number of carbonyl (C=O) groups is 1. The van der Waals surface area contributed by atoms with Gasteiger partial charge in [0.25, 0.3) is 5.66 Å². The van der Waals surface area contributed by atoms with Crippen LogP contribution < -0.4 is 0 Å². The lowest BCUT2D eigenvalue weighted by atomic mass is 10.3. The highest BCUT2D eigenvalue weighted by Crippen LogP contribution is 2.31. The van der Waals surface area contributed by atoms with Gasteiger partial charge in [0.05, 0.1) is 6.10 Å². The molecule has 0 aliphatic heterocycles. The third kappa shape index (κ3) is 3.79. The summed E-state index contributed by atoms with van der Waals surface area (Å²) in [6.45, 7) is 3.18. The Bertz CT molecular complexity index is 178. The van der Waals surface area contributed by atoms with E-state index in [0.717, 1.165) is 0 Å². The lowest BCUT2D eigenvalue weighted by Gasteiger charge is -1.99. The van der Waals surface area contributed by atoms with Crippen molar-refractivity contribution < 1.29 is 19.6 Å². The maximum Gasteiger partial charge on any atom is 0.356 e. The highest BCUT2D eigenvalue weighted by molar-refractivity contribution is 7.46. The molecule has 0 bridgehead atoms. The van der Waals surface area contributed by atoms with Gasteiger partial charge in [-0.05, 0) is 6.92 Å². The largest absolute Gasteiger partial charge is 0.478 e. The molecule has 0 aromatic heterocycles. The Hall–Kier alpha value is -0.470. The van der Waals surface area contributed by atoms with Crippen LogP contribution in [0.3, 0.4) is 0 Å². The van der Waals surface area contributed by atoms with Gasteiger partial charge in [-0.2, -0.15) is 0 Å². The third-order valence-electron chi connectivity index (χ3n) is 1.46. The summed E-state index contributed by atoms with van der Waals surface area (Å²) in [6, 6.07) is 0. The zero-order chi connectivity index (χ0) is 9.72. The van der Waals surface area contributed by atoms with Gasteiger partial charge in [-0.1, -0.05) is 11.5 Å². The summed E-state index contributed by atoms with van der Waals surface area (Å²) in [7, 11) is -1.82. The minimum Gasteiger partial charge on any atom is -0.478 e. The van der Waals surface area contributed by atoms with Gasteiger partial charge < -0.3 is 10.2 Å². The zero-order valence-corrected chi connectivity index (χ0v) is 8.12. The molecule has 3 atom stereocenters. The molecule has 0 radical (unpaired) electrons. The van der Waals surface area contributed by atoms with Gasteiger partial charge in [-0.15, -0.1) is 0 Å². The van der Waals surface area contributed by atoms with Crippen molar-refractivity contribution in [1.29, 1.82) is 0 Å². The van der Waals surface area contributed by atoms with Crippen LogP contribution in [0.15, 0.2) is 0 Å². The van der Waals surface area contributed by atoms with E-state index in [9.17, 15) is 9.36 Å². The van der Waals surface area contributed by atoms with Crippen molar-refractivity contribution in [2.45, 2.75) is 32.0 Å². The highest BCUT2D eigenvalue weighted by atomic mass is 31.1. The maximum atomic E-state index is 11.2. The fourth-order valence-electron chi connectivity index (χ4n) is 0.889. The first-order valence-corrected chi connectivity index (χ1v) is 5.35. The summed E-state index contributed by atoms with van der Waals surface area (Å²) in [5.74, 6) is -1.04. The van der Waals surface area contributed by atoms with Gasteiger partial charge >= 0.3 is 13.8 Å². The predicted octanol–water partition coefficient (Wildman–Crippen LogP) is 1.06. The van der Waals surface area contributed by atoms with E-state index in [1.54, 1.807) is 6.92 Å². The van der Waals surface area contributed by atoms with Crippen LogP contribution in [0.25, 0.3) is 0 Å². The van der Waals surface area contributed by atoms with E-state index in [4.69, 9.17) is 10.2 Å². The summed E-state index contributed by atoms with van der Waals surface area (Å²) < 4.78 is 11.2. The van der Waals surface area contributed by atoms with E-state index in [1.807, 2.05) is 0 Å². The summed E-state index contributed by atoms with van der Waals surface area (Å²) in [5, 5.41) is 17.5. The van der Waals surface area contributed by atoms with Crippen LogP contribution in [-0.4, -0.2) is 34.1 Å². The van der Waals surface area contributed by atoms with Gasteiger partial charge in [-0.3, -0.25) is 0 Å². The molecule has 12 heavy (non-hydrogen) atoms. The molecule has 0 rings (SSSR count). The Labute approximate surface area is 72.4 Å². The first-order chi connectivity index (χ1) is 5.49. The van der Waals surface area contributed by atoms with Crippen molar-refractivity contribution in [2.24, 2.45) is 0 Å². The topological polar surface area (TPSA) is 74.6 Å². The Morgan fingerprint density at radius 1 is 1.58 bits per heavy atom. The number of aliphatic carboxylic acids is 1. The normalized spacial score (nSPS) is 16.8. The maximum absolute atomic E-state index is 11.2. The third-order valence-corrected chi connectivity index (χ3v) is 3.63. The van der Waals surface area contributed by atoms with Crippen LogP contribution in [0.5, 0.6) is 0 Å². The standard InChI is InChI=1S/C7H13O4P/c1-3-6(7(9)10)12(11)4-5(2)8/h5-6,8H,3-4H2,1-2H3/p+1. The monoisotopic (exact) mass is 193 g/mol. The molecule has 0 aromatic rings. The van der Waals surface area contributed by atoms with Crippen LogP contribution in [0.4, 0.5) is 0 Å². The lowest BCUT2D eigenvalue weighted by Crippen LogP contribution is -2.18. The lowest BCUT2D eigenvalue weighted by molar-refractivity contribution is -0.136. The van der Waals surface area contributed by atoms with E-state index in [-0.39, 0.29) is 6.16 Å². The highest BCUT2D eigenvalue weighted by Gasteiger charge is 2.36. The molecule has 0 amide bonds. The number of hydrogen-bond acceptors (Lipinski definition) is 3. The number of hydrogen-bond donors (Lipinski definition) is 2. The SMILES string of the molecule is CCC(C(=O)O)[P+](=O)CC(C)O. The van der Waals surface area contributed by atoms with Gasteiger partial charge in [0.15, 0.2) is 6.16 Å². The van der Waals surface area contributed by atoms with Crippen molar-refractivity contribution >= 4 is 13.8 Å². The summed E-state index contributed by atoms with van der Waals surface area (Å²) >= 11 is 0. The molecule has 0 saturated heterocycles. The van der Waals surface area contributed by atoms with Crippen molar-refractivity contribution in [3.05, 3.63) is 0 Å². The number of rotatable bonds is 5. The molecule has 0 saturated carbocycles. The number of carboxylic acids is 1. The molecule has 2 N–H and O–H groups in total. The average Bonchev–Trinajstić information content (AvgIpc) is 1.85. The van der Waals surface area contributed by atoms with Gasteiger partial charge in [0.1, 0.15) is 0 Å². The molecule has 0 fully saturated rings. The molecule has 3 unspecified atom stereocenters. The van der Waals surface area contributed by atoms with E-state index in [0.29, 0.717) is 6.42 Å². The Morgan fingerprint density at radius 2 is 2.08 bits per heavy atom. The van der Waals surface area contributed by atoms with Gasteiger partial charge in [0.2, 0.25) is 0 Å². The van der Waals surface area contributed by atoms with Crippen molar-refractivity contribution in [2.75, 3.05) is 6.16 Å². The van der Waals surface area contributed by atoms with Crippen LogP contribution in [0.1, 0.15) is 20.3 Å². The fraction of sp³-hybridized carbons (Fsp3) is 0.857. The summed E-state index contributed by atoms with van der Waals surface area (Å²) in [5.41, 5.74) is -0.811. The minimum atomic E-state index is -1.82. The molecular weight excluding hydrogens is 179 g/mol. The van der Waals surface area contributed by atoms with E-state index in [1.165, 1.54) is 6.92 Å². The molecule has 5 heteroatoms. The first kappa shape index (κ1) is 11.5. The predicted molar refractivity (Wildman–Crippen MR) is 45.9 cm³/mol. The van der Waals surface area contributed by atoms with Crippen molar-refractivity contribution in [3.8, 4) is 0 Å². The van der Waals surface area contributed by atoms with Gasteiger partial charge in [-0.25, -0.2) is 4.79 Å². The first-order valence-electron chi connectivity index (χ1n) is 3.83. The Morgan fingerprint density at radius 3 is 2.33 bits per heavy atom. The minimum absolute atomic E-state index is 0.0696. The van der Waals surface area contributed by atoms with E-state index >= 15 is 0 Å². The van der Waals surface area contributed by atoms with E-state index in [2.05, 4.69) is 0 Å². The van der Waals surface area contributed by atoms with Gasteiger partial charge in [0, 0.05) is 6.42 Å². The Balaban J connectivity index is 4.13. The second-order valence-corrected chi connectivity index (χ2v) is 4.53. The molecule has 0 aromatic carbocycles. The van der Waals surface area contributed by atoms with Crippen LogP contribution in [0.2, 0.25) is 0 Å². The van der Waals surface area contributed by atoms with Crippen LogP contribution in [-0.2, 0) is 9.36 Å². The summed E-state index contributed by atoms with van der Waals surface area (Å²) in [6.07, 6.45) is -0.278. The molecule has 4 nitrogen and oxygen atoms in total. The molecule has 0 aliphatic carbocycles. The quantitative estimate of drug-likeness (QED) is 0.640. The molecule has 0 spiro atoms. The fourth-order valence-corrected chi connectivity index (χ4v) is 2.32. The average molecular weight is 193 g/mol. The zero-order valence-electron chi connectivity index (χ0n) is 7.23. The van der Waals surface area contributed by atoms with Crippen LogP contribution >= 0.6 is 7.80 Å². The second kappa shape index (κ2) is 5.22. The number of aliphatic hydroxyl groups is 1. The van der Waals surface area contributed by atoms with Crippen molar-refractivity contribution in [3.63, 3.8) is 0 Å². The van der Waals surface area contributed by atoms with E-state index < -0.39 is 25.5 Å². The molecule has 0 aliphatic rings. The van der Waals surface area contributed by atoms with Crippen molar-refractivity contribution in [1.82, 2.24) is 0 Å². The number of carboxylic acid groups (broad SMARTS) is 1.